The van der Waals surface area contributed by atoms with Crippen molar-refractivity contribution in [3.8, 4) is 0 Å². The third-order valence-corrected chi connectivity index (χ3v) is 5.05. The molecule has 4 heteroatoms. The first-order valence-corrected chi connectivity index (χ1v) is 8.36. The van der Waals surface area contributed by atoms with Gasteiger partial charge in [0.15, 0.2) is 0 Å². The van der Waals surface area contributed by atoms with Crippen molar-refractivity contribution in [3.05, 3.63) is 29.3 Å². The molecule has 0 saturated carbocycles. The highest BCUT2D eigenvalue weighted by molar-refractivity contribution is 7.18. The van der Waals surface area contributed by atoms with Crippen LogP contribution in [0.25, 0.3) is 10.2 Å². The van der Waals surface area contributed by atoms with E-state index in [1.54, 1.807) is 0 Å². The predicted octanol–water partition coefficient (Wildman–Crippen LogP) is 3.26. The second kappa shape index (κ2) is 6.20. The smallest absolute Gasteiger partial charge is 0.108 e. The molecule has 2 aromatic rings. The van der Waals surface area contributed by atoms with Gasteiger partial charge in [0.1, 0.15) is 5.01 Å². The predicted molar refractivity (Wildman–Crippen MR) is 86.2 cm³/mol. The van der Waals surface area contributed by atoms with Gasteiger partial charge >= 0.3 is 0 Å². The first-order valence-electron chi connectivity index (χ1n) is 7.54. The molecule has 20 heavy (non-hydrogen) atoms. The van der Waals surface area contributed by atoms with Gasteiger partial charge in [-0.05, 0) is 45.4 Å². The van der Waals surface area contributed by atoms with Gasteiger partial charge in [0.2, 0.25) is 0 Å². The molecule has 1 saturated heterocycles. The number of fused-ring (bicyclic) bond motifs is 1. The van der Waals surface area contributed by atoms with Crippen LogP contribution in [0.5, 0.6) is 0 Å². The molecule has 1 aliphatic rings. The van der Waals surface area contributed by atoms with Crippen LogP contribution in [0.15, 0.2) is 24.3 Å². The minimum Gasteiger partial charge on any atom is -0.313 e. The fourth-order valence-electron chi connectivity index (χ4n) is 2.81. The summed E-state index contributed by atoms with van der Waals surface area (Å²) in [4.78, 5) is 7.31. The summed E-state index contributed by atoms with van der Waals surface area (Å²) in [5.74, 6) is 0. The van der Waals surface area contributed by atoms with Gasteiger partial charge < -0.3 is 5.32 Å². The van der Waals surface area contributed by atoms with Crippen LogP contribution in [-0.4, -0.2) is 35.1 Å². The number of rotatable bonds is 5. The number of thiazole rings is 1. The molecule has 3 rings (SSSR count). The Labute approximate surface area is 125 Å². The number of nitrogens with one attached hydrogen (secondary N) is 1. The minimum absolute atomic E-state index is 0.560. The lowest BCUT2D eigenvalue weighted by molar-refractivity contribution is 0.194. The van der Waals surface area contributed by atoms with E-state index in [9.17, 15) is 0 Å². The zero-order valence-electron chi connectivity index (χ0n) is 12.3. The first-order chi connectivity index (χ1) is 9.72. The molecule has 3 nitrogen and oxygen atoms in total. The molecule has 0 spiro atoms. The van der Waals surface area contributed by atoms with Crippen LogP contribution in [0, 0.1) is 0 Å². The Morgan fingerprint density at radius 3 is 2.95 bits per heavy atom. The summed E-state index contributed by atoms with van der Waals surface area (Å²) >= 11 is 1.83. The third-order valence-electron chi connectivity index (χ3n) is 4.02. The fraction of sp³-hybridized carbons (Fsp3) is 0.562. The molecule has 1 fully saturated rings. The number of hydrogen-bond donors (Lipinski definition) is 1. The Hall–Kier alpha value is -0.970. The third kappa shape index (κ3) is 3.19. The largest absolute Gasteiger partial charge is 0.313 e. The minimum atomic E-state index is 0.560. The molecular weight excluding hydrogens is 266 g/mol. The van der Waals surface area contributed by atoms with Crippen LogP contribution in [-0.2, 0) is 6.54 Å². The lowest BCUT2D eigenvalue weighted by Gasteiger charge is -2.28. The molecule has 0 amide bonds. The molecule has 0 radical (unpaired) electrons. The number of hydrogen-bond acceptors (Lipinski definition) is 4. The Kier molecular flexibility index (Phi) is 4.34. The van der Waals surface area contributed by atoms with Gasteiger partial charge in [-0.1, -0.05) is 12.1 Å². The Morgan fingerprint density at radius 1 is 1.40 bits per heavy atom. The van der Waals surface area contributed by atoms with Gasteiger partial charge in [-0.25, -0.2) is 4.98 Å². The van der Waals surface area contributed by atoms with E-state index in [4.69, 9.17) is 4.98 Å². The molecular formula is C16H23N3S. The second-order valence-corrected chi connectivity index (χ2v) is 7.01. The highest BCUT2D eigenvalue weighted by atomic mass is 32.1. The monoisotopic (exact) mass is 289 g/mol. The van der Waals surface area contributed by atoms with Gasteiger partial charge in [-0.3, -0.25) is 4.90 Å². The zero-order valence-corrected chi connectivity index (χ0v) is 13.1. The van der Waals surface area contributed by atoms with E-state index in [2.05, 4.69) is 48.3 Å². The Bertz CT molecular complexity index is 525. The summed E-state index contributed by atoms with van der Waals surface area (Å²) in [6.07, 6.45) is 2.63. The van der Waals surface area contributed by atoms with Crippen LogP contribution < -0.4 is 5.32 Å². The fourth-order valence-corrected chi connectivity index (χ4v) is 3.81. The maximum absolute atomic E-state index is 4.77. The summed E-state index contributed by atoms with van der Waals surface area (Å²) in [6.45, 7) is 7.84. The van der Waals surface area contributed by atoms with Gasteiger partial charge in [0, 0.05) is 18.6 Å². The zero-order chi connectivity index (χ0) is 13.9. The SMILES string of the molecule is CC(C)N(Cc1nc2ccccc2s1)CC1CCCN1. The van der Waals surface area contributed by atoms with Crippen molar-refractivity contribution < 1.29 is 0 Å². The van der Waals surface area contributed by atoms with Crippen LogP contribution in [0.2, 0.25) is 0 Å². The number of nitrogens with zero attached hydrogens (tertiary/aromatic N) is 2. The molecule has 0 aliphatic carbocycles. The summed E-state index contributed by atoms with van der Waals surface area (Å²) in [6, 6.07) is 9.64. The maximum atomic E-state index is 4.77. The molecule has 1 aromatic carbocycles. The topological polar surface area (TPSA) is 28.2 Å². The van der Waals surface area contributed by atoms with E-state index in [1.807, 2.05) is 11.3 Å². The molecule has 1 N–H and O–H groups in total. The lowest BCUT2D eigenvalue weighted by atomic mass is 10.2. The van der Waals surface area contributed by atoms with Crippen molar-refractivity contribution in [2.75, 3.05) is 13.1 Å². The van der Waals surface area contributed by atoms with E-state index < -0.39 is 0 Å². The molecule has 2 heterocycles. The molecule has 1 unspecified atom stereocenters. The van der Waals surface area contributed by atoms with Crippen molar-refractivity contribution in [2.24, 2.45) is 0 Å². The molecule has 1 atom stereocenters. The van der Waals surface area contributed by atoms with Crippen molar-refractivity contribution >= 4 is 21.6 Å². The summed E-state index contributed by atoms with van der Waals surface area (Å²) < 4.78 is 1.30. The highest BCUT2D eigenvalue weighted by Crippen LogP contribution is 2.23. The van der Waals surface area contributed by atoms with E-state index in [-0.39, 0.29) is 0 Å². The van der Waals surface area contributed by atoms with Gasteiger partial charge in [0.25, 0.3) is 0 Å². The first kappa shape index (κ1) is 14.0. The quantitative estimate of drug-likeness (QED) is 0.916. The van der Waals surface area contributed by atoms with Crippen molar-refractivity contribution in [1.82, 2.24) is 15.2 Å². The van der Waals surface area contributed by atoms with Crippen LogP contribution in [0.1, 0.15) is 31.7 Å². The van der Waals surface area contributed by atoms with Gasteiger partial charge in [-0.15, -0.1) is 11.3 Å². The van der Waals surface area contributed by atoms with Gasteiger partial charge in [0.05, 0.1) is 16.8 Å². The average Bonchev–Trinajstić information content (AvgIpc) is 3.05. The standard InChI is InChI=1S/C16H23N3S/c1-12(2)19(10-13-6-5-9-17-13)11-16-18-14-7-3-4-8-15(14)20-16/h3-4,7-8,12-13,17H,5-6,9-11H2,1-2H3. The second-order valence-electron chi connectivity index (χ2n) is 5.89. The van der Waals surface area contributed by atoms with Crippen molar-refractivity contribution in [3.63, 3.8) is 0 Å². The van der Waals surface area contributed by atoms with E-state index in [1.165, 1.54) is 29.1 Å². The normalized spacial score (nSPS) is 19.5. The van der Waals surface area contributed by atoms with Crippen molar-refractivity contribution in [1.29, 1.82) is 0 Å². The number of benzene rings is 1. The number of para-hydroxylation sites is 1. The van der Waals surface area contributed by atoms with E-state index in [0.29, 0.717) is 12.1 Å². The molecule has 1 aliphatic heterocycles. The Balaban J connectivity index is 1.71. The van der Waals surface area contributed by atoms with Crippen molar-refractivity contribution in [2.45, 2.75) is 45.3 Å². The summed E-state index contributed by atoms with van der Waals surface area (Å²) in [7, 11) is 0. The summed E-state index contributed by atoms with van der Waals surface area (Å²) in [5, 5.41) is 4.83. The average molecular weight is 289 g/mol. The Morgan fingerprint density at radius 2 is 2.25 bits per heavy atom. The van der Waals surface area contributed by atoms with Crippen LogP contribution >= 0.6 is 11.3 Å². The van der Waals surface area contributed by atoms with Crippen LogP contribution in [0.4, 0.5) is 0 Å². The highest BCUT2D eigenvalue weighted by Gasteiger charge is 2.20. The lowest BCUT2D eigenvalue weighted by Crippen LogP contribution is -2.40. The maximum Gasteiger partial charge on any atom is 0.108 e. The molecule has 108 valence electrons. The van der Waals surface area contributed by atoms with Crippen LogP contribution in [0.3, 0.4) is 0 Å². The molecule has 0 bridgehead atoms. The van der Waals surface area contributed by atoms with E-state index in [0.717, 1.165) is 18.6 Å². The van der Waals surface area contributed by atoms with Gasteiger partial charge in [-0.2, -0.15) is 0 Å². The molecule has 1 aromatic heterocycles. The number of aromatic nitrogens is 1. The summed E-state index contributed by atoms with van der Waals surface area (Å²) in [5.41, 5.74) is 1.13. The van der Waals surface area contributed by atoms with E-state index >= 15 is 0 Å².